The summed E-state index contributed by atoms with van der Waals surface area (Å²) >= 11 is 3.75. The SMILES string of the molecule is C=CCCC(=O)OC[C@@H](NC(=O)[C@@H]1[C@H]2O[C@@]3(CC2Br)[C@H](C(=O)N(CC=C)CCCC)N(CCCCCCO)C(=O)[C@@H]13)c1ccccc1. The number of likely N-dealkylation sites (tertiary alicyclic amines) is 1. The van der Waals surface area contributed by atoms with E-state index in [2.05, 4.69) is 41.3 Å². The lowest BCUT2D eigenvalue weighted by Gasteiger charge is -2.37. The molecule has 3 fully saturated rings. The largest absolute Gasteiger partial charge is 0.463 e. The van der Waals surface area contributed by atoms with Crippen LogP contribution in [0.4, 0.5) is 0 Å². The third-order valence-electron chi connectivity index (χ3n) is 9.56. The number of hydrogen-bond donors (Lipinski definition) is 2. The molecule has 3 saturated heterocycles. The second-order valence-corrected chi connectivity index (χ2v) is 13.9. The minimum atomic E-state index is -1.16. The minimum Gasteiger partial charge on any atom is -0.463 e. The molecule has 0 aliphatic carbocycles. The molecule has 3 aliphatic rings. The van der Waals surface area contributed by atoms with Gasteiger partial charge in [0, 0.05) is 37.5 Å². The van der Waals surface area contributed by atoms with Crippen LogP contribution >= 0.6 is 15.9 Å². The Kier molecular flexibility index (Phi) is 13.6. The number of hydrogen-bond acceptors (Lipinski definition) is 7. The highest BCUT2D eigenvalue weighted by Gasteiger charge is 2.76. The molecule has 10 nitrogen and oxygen atoms in total. The molecule has 7 atom stereocenters. The zero-order valence-corrected chi connectivity index (χ0v) is 29.1. The van der Waals surface area contributed by atoms with Gasteiger partial charge in [-0.1, -0.05) is 84.6 Å². The van der Waals surface area contributed by atoms with Crippen LogP contribution in [0.5, 0.6) is 0 Å². The van der Waals surface area contributed by atoms with Crippen LogP contribution < -0.4 is 5.32 Å². The van der Waals surface area contributed by atoms with E-state index in [1.54, 1.807) is 22.0 Å². The number of aliphatic hydroxyl groups excluding tert-OH is 1. The number of nitrogens with zero attached hydrogens (tertiary/aromatic N) is 2. The molecule has 2 N–H and O–H groups in total. The number of nitrogens with one attached hydrogen (secondary N) is 1. The number of ether oxygens (including phenoxy) is 2. The van der Waals surface area contributed by atoms with Gasteiger partial charge >= 0.3 is 5.97 Å². The molecule has 1 aromatic rings. The zero-order chi connectivity index (χ0) is 34.0. The molecule has 3 heterocycles. The molecule has 0 radical (unpaired) electrons. The molecule has 4 rings (SSSR count). The lowest BCUT2D eigenvalue weighted by molar-refractivity contribution is -0.148. The summed E-state index contributed by atoms with van der Waals surface area (Å²) in [5.41, 5.74) is -0.400. The standard InChI is InChI=1S/C36H50BrN3O7/c1-4-7-18-28(42)46-24-27(25-16-12-11-13-17-25)38-33(43)29-30-34(44)40(21-14-9-10-15-22-41)32(36(30)23-26(37)31(29)47-36)35(45)39(19-6-3)20-8-5-2/h4,6,11-13,16-17,26-27,29-32,41H,1,3,5,7-10,14-15,18-24H2,2H3,(H,38,43)/t26?,27-,29+,30-,31+,32+,36-/m1/s1. The van der Waals surface area contributed by atoms with E-state index in [1.807, 2.05) is 30.3 Å². The highest BCUT2D eigenvalue weighted by atomic mass is 79.9. The number of halogens is 1. The van der Waals surface area contributed by atoms with Gasteiger partial charge in [-0.25, -0.2) is 0 Å². The number of benzene rings is 1. The Balaban J connectivity index is 1.63. The molecule has 1 unspecified atom stereocenters. The predicted octanol–water partition coefficient (Wildman–Crippen LogP) is 4.47. The van der Waals surface area contributed by atoms with E-state index in [-0.39, 0.29) is 42.2 Å². The van der Waals surface area contributed by atoms with Gasteiger partial charge in [0.1, 0.15) is 18.2 Å². The third kappa shape index (κ3) is 8.17. The number of esters is 1. The second-order valence-electron chi connectivity index (χ2n) is 12.7. The van der Waals surface area contributed by atoms with Crippen LogP contribution in [-0.4, -0.2) is 94.0 Å². The van der Waals surface area contributed by atoms with Gasteiger partial charge in [-0.15, -0.1) is 13.2 Å². The van der Waals surface area contributed by atoms with Crippen molar-refractivity contribution in [1.29, 1.82) is 0 Å². The Labute approximate surface area is 287 Å². The lowest BCUT2D eigenvalue weighted by atomic mass is 9.70. The minimum absolute atomic E-state index is 0.0690. The average Bonchev–Trinajstić information content (AvgIpc) is 3.66. The highest BCUT2D eigenvalue weighted by molar-refractivity contribution is 9.09. The summed E-state index contributed by atoms with van der Waals surface area (Å²) < 4.78 is 12.2. The molecule has 258 valence electrons. The average molecular weight is 717 g/mol. The topological polar surface area (TPSA) is 125 Å². The van der Waals surface area contributed by atoms with Crippen molar-refractivity contribution in [3.05, 3.63) is 61.2 Å². The predicted molar refractivity (Wildman–Crippen MR) is 182 cm³/mol. The quantitative estimate of drug-likeness (QED) is 0.0884. The van der Waals surface area contributed by atoms with E-state index >= 15 is 0 Å². The molecule has 3 aliphatic heterocycles. The highest BCUT2D eigenvalue weighted by Crippen LogP contribution is 2.60. The van der Waals surface area contributed by atoms with E-state index in [0.717, 1.165) is 31.2 Å². The Morgan fingerprint density at radius 1 is 1.17 bits per heavy atom. The van der Waals surface area contributed by atoms with Crippen molar-refractivity contribution in [2.75, 3.05) is 32.8 Å². The molecule has 11 heteroatoms. The normalized spacial score (nSPS) is 26.5. The molecule has 47 heavy (non-hydrogen) atoms. The van der Waals surface area contributed by atoms with Crippen molar-refractivity contribution in [3.8, 4) is 0 Å². The number of rotatable bonds is 20. The molecule has 1 aromatic carbocycles. The van der Waals surface area contributed by atoms with Gasteiger partial charge in [0.15, 0.2) is 0 Å². The Bertz CT molecular complexity index is 1260. The zero-order valence-electron chi connectivity index (χ0n) is 27.5. The number of alkyl halides is 1. The number of unbranched alkanes of at least 4 members (excludes halogenated alkanes) is 4. The van der Waals surface area contributed by atoms with E-state index in [0.29, 0.717) is 45.3 Å². The molecular formula is C36H50BrN3O7. The van der Waals surface area contributed by atoms with Crippen molar-refractivity contribution in [2.24, 2.45) is 11.8 Å². The summed E-state index contributed by atoms with van der Waals surface area (Å²) in [6, 6.07) is 7.76. The fourth-order valence-electron chi connectivity index (χ4n) is 7.31. The third-order valence-corrected chi connectivity index (χ3v) is 10.4. The van der Waals surface area contributed by atoms with Gasteiger partial charge in [-0.05, 0) is 37.7 Å². The Morgan fingerprint density at radius 3 is 2.60 bits per heavy atom. The summed E-state index contributed by atoms with van der Waals surface area (Å²) in [4.78, 5) is 58.7. The van der Waals surface area contributed by atoms with Crippen molar-refractivity contribution in [3.63, 3.8) is 0 Å². The van der Waals surface area contributed by atoms with Crippen molar-refractivity contribution in [1.82, 2.24) is 15.1 Å². The van der Waals surface area contributed by atoms with Crippen molar-refractivity contribution < 1.29 is 33.8 Å². The first-order chi connectivity index (χ1) is 22.7. The summed E-state index contributed by atoms with van der Waals surface area (Å²) in [7, 11) is 0. The van der Waals surface area contributed by atoms with Gasteiger partial charge in [-0.2, -0.15) is 0 Å². The van der Waals surface area contributed by atoms with Gasteiger partial charge in [0.05, 0.1) is 24.0 Å². The molecule has 1 spiro atoms. The number of carbonyl (C=O) groups excluding carboxylic acids is 4. The van der Waals surface area contributed by atoms with Gasteiger partial charge in [0.25, 0.3) is 0 Å². The monoisotopic (exact) mass is 715 g/mol. The number of fused-ring (bicyclic) bond motifs is 1. The van der Waals surface area contributed by atoms with Crippen LogP contribution in [0.15, 0.2) is 55.6 Å². The van der Waals surface area contributed by atoms with Crippen LogP contribution in [0.2, 0.25) is 0 Å². The van der Waals surface area contributed by atoms with E-state index in [1.165, 1.54) is 0 Å². The fraction of sp³-hybridized carbons (Fsp3) is 0.611. The molecule has 0 aromatic heterocycles. The Morgan fingerprint density at radius 2 is 1.91 bits per heavy atom. The summed E-state index contributed by atoms with van der Waals surface area (Å²) in [6.45, 7) is 10.9. The first-order valence-electron chi connectivity index (χ1n) is 17.0. The molecule has 3 amide bonds. The summed E-state index contributed by atoms with van der Waals surface area (Å²) in [5.74, 6) is -2.87. The molecule has 2 bridgehead atoms. The first kappa shape index (κ1) is 36.8. The Hall–Kier alpha value is -3.02. The van der Waals surface area contributed by atoms with Crippen LogP contribution in [0.3, 0.4) is 0 Å². The van der Waals surface area contributed by atoms with Crippen LogP contribution in [0.25, 0.3) is 0 Å². The maximum Gasteiger partial charge on any atom is 0.306 e. The first-order valence-corrected chi connectivity index (χ1v) is 17.9. The van der Waals surface area contributed by atoms with E-state index in [4.69, 9.17) is 9.47 Å². The number of allylic oxidation sites excluding steroid dienone is 1. The maximum atomic E-state index is 14.4. The van der Waals surface area contributed by atoms with Crippen LogP contribution in [0.1, 0.15) is 76.3 Å². The van der Waals surface area contributed by atoms with Gasteiger partial charge in [0.2, 0.25) is 17.7 Å². The number of aliphatic hydroxyl groups is 1. The van der Waals surface area contributed by atoms with Crippen molar-refractivity contribution >= 4 is 39.6 Å². The second kappa shape index (κ2) is 17.4. The van der Waals surface area contributed by atoms with Crippen LogP contribution in [0, 0.1) is 11.8 Å². The summed E-state index contributed by atoms with van der Waals surface area (Å²) in [6.07, 6.45) is 8.51. The van der Waals surface area contributed by atoms with E-state index < -0.39 is 41.6 Å². The number of carbonyl (C=O) groups is 4. The lowest BCUT2D eigenvalue weighted by Crippen LogP contribution is -2.57. The fourth-order valence-corrected chi connectivity index (χ4v) is 8.25. The van der Waals surface area contributed by atoms with Gasteiger partial charge < -0.3 is 29.7 Å². The maximum absolute atomic E-state index is 14.4. The number of amides is 3. The molecular weight excluding hydrogens is 666 g/mol. The summed E-state index contributed by atoms with van der Waals surface area (Å²) in [5, 5.41) is 12.3. The van der Waals surface area contributed by atoms with E-state index in [9.17, 15) is 24.3 Å². The smallest absolute Gasteiger partial charge is 0.306 e. The van der Waals surface area contributed by atoms with Crippen LogP contribution in [-0.2, 0) is 28.7 Å². The van der Waals surface area contributed by atoms with Crippen molar-refractivity contribution in [2.45, 2.75) is 93.3 Å². The molecule has 0 saturated carbocycles. The van der Waals surface area contributed by atoms with Gasteiger partial charge in [-0.3, -0.25) is 19.2 Å².